The fourth-order valence-electron chi connectivity index (χ4n) is 2.47. The summed E-state index contributed by atoms with van der Waals surface area (Å²) in [6, 6.07) is 0. The lowest BCUT2D eigenvalue weighted by Crippen LogP contribution is -2.55. The van der Waals surface area contributed by atoms with Crippen LogP contribution in [-0.2, 0) is 4.74 Å². The molecular formula is C10H20N2O. The molecule has 76 valence electrons. The van der Waals surface area contributed by atoms with Gasteiger partial charge in [0, 0.05) is 13.1 Å². The van der Waals surface area contributed by atoms with Crippen LogP contribution in [-0.4, -0.2) is 55.4 Å². The molecule has 0 aliphatic carbocycles. The summed E-state index contributed by atoms with van der Waals surface area (Å²) in [4.78, 5) is 4.88. The second kappa shape index (κ2) is 3.56. The van der Waals surface area contributed by atoms with Crippen LogP contribution in [0.25, 0.3) is 0 Å². The Morgan fingerprint density at radius 1 is 1.38 bits per heavy atom. The Kier molecular flexibility index (Phi) is 2.58. The molecule has 1 spiro atoms. The molecule has 2 aliphatic rings. The molecule has 1 atom stereocenters. The molecule has 0 aromatic rings. The van der Waals surface area contributed by atoms with E-state index >= 15 is 0 Å². The maximum atomic E-state index is 5.91. The van der Waals surface area contributed by atoms with Gasteiger partial charge in [-0.1, -0.05) is 6.92 Å². The van der Waals surface area contributed by atoms with Gasteiger partial charge in [-0.3, -0.25) is 9.80 Å². The first-order chi connectivity index (χ1) is 6.27. The topological polar surface area (TPSA) is 15.7 Å². The van der Waals surface area contributed by atoms with Gasteiger partial charge in [-0.2, -0.15) is 0 Å². The van der Waals surface area contributed by atoms with Crippen LogP contribution in [0.1, 0.15) is 19.8 Å². The first kappa shape index (κ1) is 9.44. The molecule has 0 saturated carbocycles. The Bertz CT molecular complexity index is 186. The summed E-state index contributed by atoms with van der Waals surface area (Å²) in [6.45, 7) is 7.73. The zero-order chi connectivity index (χ0) is 9.31. The van der Waals surface area contributed by atoms with E-state index in [-0.39, 0.29) is 5.72 Å². The maximum absolute atomic E-state index is 5.91. The molecule has 2 aliphatic heterocycles. The van der Waals surface area contributed by atoms with Crippen molar-refractivity contribution in [1.82, 2.24) is 9.80 Å². The second-order valence-corrected chi connectivity index (χ2v) is 4.19. The number of piperidine rings is 1. The molecule has 0 aromatic carbocycles. The van der Waals surface area contributed by atoms with Crippen LogP contribution in [0.2, 0.25) is 0 Å². The number of likely N-dealkylation sites (tertiary alicyclic amines) is 1. The van der Waals surface area contributed by atoms with Gasteiger partial charge in [-0.25, -0.2) is 0 Å². The van der Waals surface area contributed by atoms with E-state index in [1.165, 1.54) is 19.4 Å². The summed E-state index contributed by atoms with van der Waals surface area (Å²) in [5.41, 5.74) is 0.0637. The van der Waals surface area contributed by atoms with Crippen molar-refractivity contribution >= 4 is 0 Å². The number of nitrogens with zero attached hydrogens (tertiary/aromatic N) is 2. The van der Waals surface area contributed by atoms with E-state index in [0.717, 1.165) is 26.2 Å². The Morgan fingerprint density at radius 3 is 2.85 bits per heavy atom. The van der Waals surface area contributed by atoms with Crippen LogP contribution in [0.4, 0.5) is 0 Å². The van der Waals surface area contributed by atoms with Gasteiger partial charge in [0.2, 0.25) is 0 Å². The quantitative estimate of drug-likeness (QED) is 0.598. The van der Waals surface area contributed by atoms with Gasteiger partial charge in [0.1, 0.15) is 5.72 Å². The van der Waals surface area contributed by atoms with Gasteiger partial charge in [-0.15, -0.1) is 0 Å². The van der Waals surface area contributed by atoms with Crippen LogP contribution >= 0.6 is 0 Å². The molecule has 3 heteroatoms. The summed E-state index contributed by atoms with van der Waals surface area (Å²) in [5, 5.41) is 0. The third kappa shape index (κ3) is 1.60. The molecule has 3 nitrogen and oxygen atoms in total. The van der Waals surface area contributed by atoms with Crippen molar-refractivity contribution in [2.75, 3.05) is 39.8 Å². The zero-order valence-electron chi connectivity index (χ0n) is 8.75. The summed E-state index contributed by atoms with van der Waals surface area (Å²) >= 11 is 0. The van der Waals surface area contributed by atoms with Gasteiger partial charge in [-0.05, 0) is 33.0 Å². The van der Waals surface area contributed by atoms with Gasteiger partial charge >= 0.3 is 0 Å². The highest BCUT2D eigenvalue weighted by Crippen LogP contribution is 2.31. The Hall–Kier alpha value is -0.120. The molecule has 2 heterocycles. The number of likely N-dealkylation sites (N-methyl/N-ethyl adjacent to an activating group) is 2. The molecule has 0 N–H and O–H groups in total. The van der Waals surface area contributed by atoms with Crippen LogP contribution in [0.15, 0.2) is 0 Å². The van der Waals surface area contributed by atoms with E-state index in [0.29, 0.717) is 0 Å². The van der Waals surface area contributed by atoms with Gasteiger partial charge < -0.3 is 4.74 Å². The first-order valence-corrected chi connectivity index (χ1v) is 5.34. The fourth-order valence-corrected chi connectivity index (χ4v) is 2.47. The Labute approximate surface area is 80.6 Å². The van der Waals surface area contributed by atoms with E-state index < -0.39 is 0 Å². The third-order valence-corrected chi connectivity index (χ3v) is 3.45. The molecular weight excluding hydrogens is 164 g/mol. The summed E-state index contributed by atoms with van der Waals surface area (Å²) in [5.74, 6) is 0. The van der Waals surface area contributed by atoms with E-state index in [1.807, 2.05) is 0 Å². The average molecular weight is 184 g/mol. The van der Waals surface area contributed by atoms with E-state index in [2.05, 4.69) is 23.8 Å². The van der Waals surface area contributed by atoms with E-state index in [1.54, 1.807) is 0 Å². The van der Waals surface area contributed by atoms with Gasteiger partial charge in [0.25, 0.3) is 0 Å². The highest BCUT2D eigenvalue weighted by atomic mass is 16.5. The van der Waals surface area contributed by atoms with Crippen molar-refractivity contribution in [3.63, 3.8) is 0 Å². The average Bonchev–Trinajstić information content (AvgIpc) is 2.48. The summed E-state index contributed by atoms with van der Waals surface area (Å²) in [7, 11) is 2.19. The monoisotopic (exact) mass is 184 g/mol. The number of ether oxygens (including phenoxy) is 1. The molecule has 2 fully saturated rings. The molecule has 2 saturated heterocycles. The largest absolute Gasteiger partial charge is 0.358 e. The molecule has 0 radical (unpaired) electrons. The first-order valence-electron chi connectivity index (χ1n) is 5.34. The highest BCUT2D eigenvalue weighted by molar-refractivity contribution is 4.90. The molecule has 0 amide bonds. The lowest BCUT2D eigenvalue weighted by atomic mass is 10.0. The van der Waals surface area contributed by atoms with Crippen LogP contribution in [0.3, 0.4) is 0 Å². The predicted molar refractivity (Wildman–Crippen MR) is 52.7 cm³/mol. The lowest BCUT2D eigenvalue weighted by molar-refractivity contribution is -0.116. The van der Waals surface area contributed by atoms with Crippen molar-refractivity contribution in [3.05, 3.63) is 0 Å². The number of hydrogen-bond donors (Lipinski definition) is 0. The van der Waals surface area contributed by atoms with Crippen molar-refractivity contribution in [3.8, 4) is 0 Å². The van der Waals surface area contributed by atoms with Crippen LogP contribution < -0.4 is 0 Å². The normalized spacial score (nSPS) is 37.4. The van der Waals surface area contributed by atoms with Crippen molar-refractivity contribution in [2.24, 2.45) is 0 Å². The van der Waals surface area contributed by atoms with Crippen molar-refractivity contribution < 1.29 is 4.74 Å². The molecule has 1 unspecified atom stereocenters. The third-order valence-electron chi connectivity index (χ3n) is 3.45. The van der Waals surface area contributed by atoms with Crippen molar-refractivity contribution in [1.29, 1.82) is 0 Å². The van der Waals surface area contributed by atoms with E-state index in [4.69, 9.17) is 4.74 Å². The van der Waals surface area contributed by atoms with E-state index in [9.17, 15) is 0 Å². The molecule has 0 aromatic heterocycles. The molecule has 13 heavy (non-hydrogen) atoms. The smallest absolute Gasteiger partial charge is 0.134 e. The Morgan fingerprint density at radius 2 is 2.23 bits per heavy atom. The second-order valence-electron chi connectivity index (χ2n) is 4.19. The number of rotatable bonds is 1. The molecule has 0 bridgehead atoms. The number of hydrogen-bond acceptors (Lipinski definition) is 3. The Balaban J connectivity index is 2.04. The van der Waals surface area contributed by atoms with Gasteiger partial charge in [0.15, 0.2) is 0 Å². The SMILES string of the molecule is CCN1CCCC2(C1)OCCN2C. The minimum atomic E-state index is 0.0637. The predicted octanol–water partition coefficient (Wildman–Crippen LogP) is 0.760. The summed E-state index contributed by atoms with van der Waals surface area (Å²) in [6.07, 6.45) is 2.48. The standard InChI is InChI=1S/C10H20N2O/c1-3-12-6-4-5-10(9-12)11(2)7-8-13-10/h3-9H2,1-2H3. The highest BCUT2D eigenvalue weighted by Gasteiger charge is 2.42. The van der Waals surface area contributed by atoms with Gasteiger partial charge in [0.05, 0.1) is 6.61 Å². The minimum Gasteiger partial charge on any atom is -0.358 e. The van der Waals surface area contributed by atoms with Crippen LogP contribution in [0, 0.1) is 0 Å². The maximum Gasteiger partial charge on any atom is 0.134 e. The minimum absolute atomic E-state index is 0.0637. The fraction of sp³-hybridized carbons (Fsp3) is 1.00. The lowest BCUT2D eigenvalue weighted by Gasteiger charge is -2.43. The zero-order valence-corrected chi connectivity index (χ0v) is 8.75. The molecule has 2 rings (SSSR count). The van der Waals surface area contributed by atoms with Crippen molar-refractivity contribution in [2.45, 2.75) is 25.5 Å². The summed E-state index contributed by atoms with van der Waals surface area (Å²) < 4.78 is 5.91. The van der Waals surface area contributed by atoms with Crippen LogP contribution in [0.5, 0.6) is 0 Å².